The molecule has 3 aromatic rings. The van der Waals surface area contributed by atoms with Crippen LogP contribution in [0.25, 0.3) is 0 Å². The van der Waals surface area contributed by atoms with Crippen molar-refractivity contribution in [2.24, 2.45) is 7.05 Å². The van der Waals surface area contributed by atoms with E-state index in [1.807, 2.05) is 48.1 Å². The number of halogens is 1. The number of aryl methyl sites for hydroxylation is 1. The van der Waals surface area contributed by atoms with Crippen molar-refractivity contribution < 1.29 is 9.59 Å². The number of Topliss-reactive ketones (excluding diaryl/α,β-unsaturated/α-hetero) is 1. The molecule has 0 bridgehead atoms. The highest BCUT2D eigenvalue weighted by atomic mass is 35.5. The fraction of sp³-hybridized carbons (Fsp3) is 0.211. The number of nitrogens with one attached hydrogen (secondary N) is 1. The predicted octanol–water partition coefficient (Wildman–Crippen LogP) is 4.00. The van der Waals surface area contributed by atoms with E-state index < -0.39 is 0 Å². The molecule has 5 nitrogen and oxygen atoms in total. The molecule has 0 spiro atoms. The summed E-state index contributed by atoms with van der Waals surface area (Å²) in [5, 5.41) is 2.99. The van der Waals surface area contributed by atoms with E-state index >= 15 is 0 Å². The molecule has 1 atom stereocenters. The van der Waals surface area contributed by atoms with Crippen LogP contribution < -0.4 is 5.32 Å². The lowest BCUT2D eigenvalue weighted by Gasteiger charge is -2.19. The van der Waals surface area contributed by atoms with Gasteiger partial charge >= 0.3 is 0 Å². The van der Waals surface area contributed by atoms with Crippen LogP contribution in [-0.2, 0) is 11.8 Å². The third-order valence-electron chi connectivity index (χ3n) is 3.98. The molecule has 0 fully saturated rings. The van der Waals surface area contributed by atoms with E-state index in [0.29, 0.717) is 9.21 Å². The molecule has 2 heterocycles. The van der Waals surface area contributed by atoms with Gasteiger partial charge < -0.3 is 9.88 Å². The monoisotopic (exact) mass is 387 g/mol. The van der Waals surface area contributed by atoms with Crippen molar-refractivity contribution in [2.45, 2.75) is 18.9 Å². The molecule has 0 unspecified atom stereocenters. The molecule has 1 N–H and O–H groups in total. The maximum atomic E-state index is 12.5. The number of aromatic nitrogens is 2. The number of hydrogen-bond donors (Lipinski definition) is 1. The molecule has 26 heavy (non-hydrogen) atoms. The first kappa shape index (κ1) is 18.4. The molecule has 0 saturated carbocycles. The van der Waals surface area contributed by atoms with Crippen molar-refractivity contribution in [3.8, 4) is 0 Å². The average molecular weight is 388 g/mol. The first-order valence-corrected chi connectivity index (χ1v) is 9.34. The summed E-state index contributed by atoms with van der Waals surface area (Å²) in [5.41, 5.74) is 0.937. The lowest BCUT2D eigenvalue weighted by atomic mass is 10.1. The van der Waals surface area contributed by atoms with Gasteiger partial charge in [0.15, 0.2) is 5.78 Å². The third kappa shape index (κ3) is 4.39. The average Bonchev–Trinajstić information content (AvgIpc) is 3.27. The summed E-state index contributed by atoms with van der Waals surface area (Å²) in [6, 6.07) is 12.7. The normalized spacial score (nSPS) is 11.9. The number of hydrogen-bond acceptors (Lipinski definition) is 4. The van der Waals surface area contributed by atoms with Gasteiger partial charge in [0, 0.05) is 32.3 Å². The molecular formula is C19H18ClN3O2S. The van der Waals surface area contributed by atoms with E-state index in [1.54, 1.807) is 18.3 Å². The van der Waals surface area contributed by atoms with Crippen LogP contribution in [-0.4, -0.2) is 21.2 Å². The summed E-state index contributed by atoms with van der Waals surface area (Å²) >= 11 is 7.08. The van der Waals surface area contributed by atoms with Crippen molar-refractivity contribution in [3.63, 3.8) is 0 Å². The SMILES string of the molecule is Cn1ccnc1[C@@H](NC(=O)CCC(=O)c1ccc(Cl)s1)c1ccccc1. The second-order valence-electron chi connectivity index (χ2n) is 5.83. The summed E-state index contributed by atoms with van der Waals surface area (Å²) in [6.07, 6.45) is 3.79. The smallest absolute Gasteiger partial charge is 0.221 e. The number of rotatable bonds is 7. The molecule has 0 aliphatic rings. The quantitative estimate of drug-likeness (QED) is 0.623. The molecule has 0 aliphatic heterocycles. The molecular weight excluding hydrogens is 370 g/mol. The van der Waals surface area contributed by atoms with Gasteiger partial charge in [-0.05, 0) is 17.7 Å². The molecule has 7 heteroatoms. The number of carbonyl (C=O) groups excluding carboxylic acids is 2. The fourth-order valence-electron chi connectivity index (χ4n) is 2.65. The maximum Gasteiger partial charge on any atom is 0.221 e. The largest absolute Gasteiger partial charge is 0.342 e. The third-order valence-corrected chi connectivity index (χ3v) is 5.25. The van der Waals surface area contributed by atoms with Gasteiger partial charge in [-0.15, -0.1) is 11.3 Å². The Labute approximate surface area is 160 Å². The van der Waals surface area contributed by atoms with Gasteiger partial charge in [0.2, 0.25) is 5.91 Å². The van der Waals surface area contributed by atoms with E-state index in [-0.39, 0.29) is 30.6 Å². The van der Waals surface area contributed by atoms with Crippen molar-refractivity contribution in [1.29, 1.82) is 0 Å². The van der Waals surface area contributed by atoms with Crippen molar-refractivity contribution >= 4 is 34.6 Å². The fourth-order valence-corrected chi connectivity index (χ4v) is 3.66. The second-order valence-corrected chi connectivity index (χ2v) is 7.55. The van der Waals surface area contributed by atoms with Gasteiger partial charge in [-0.3, -0.25) is 9.59 Å². The number of benzene rings is 1. The van der Waals surface area contributed by atoms with Crippen LogP contribution >= 0.6 is 22.9 Å². The minimum absolute atomic E-state index is 0.0784. The highest BCUT2D eigenvalue weighted by molar-refractivity contribution is 7.18. The van der Waals surface area contributed by atoms with E-state index in [4.69, 9.17) is 11.6 Å². The Morgan fingerprint density at radius 3 is 2.58 bits per heavy atom. The Hall–Kier alpha value is -2.44. The number of amides is 1. The number of nitrogens with zero attached hydrogens (tertiary/aromatic N) is 2. The van der Waals surface area contributed by atoms with E-state index in [2.05, 4.69) is 10.3 Å². The number of imidazole rings is 1. The molecule has 2 aromatic heterocycles. The molecule has 3 rings (SSSR count). The summed E-state index contributed by atoms with van der Waals surface area (Å²) < 4.78 is 2.44. The van der Waals surface area contributed by atoms with Crippen LogP contribution in [0.2, 0.25) is 4.34 Å². The van der Waals surface area contributed by atoms with E-state index in [1.165, 1.54) is 11.3 Å². The molecule has 0 saturated heterocycles. The van der Waals surface area contributed by atoms with Crippen LogP contribution in [0.4, 0.5) is 0 Å². The highest BCUT2D eigenvalue weighted by Gasteiger charge is 2.21. The van der Waals surface area contributed by atoms with Crippen molar-refractivity contribution in [1.82, 2.24) is 14.9 Å². The van der Waals surface area contributed by atoms with Crippen LogP contribution in [0.5, 0.6) is 0 Å². The van der Waals surface area contributed by atoms with Gasteiger partial charge in [0.25, 0.3) is 0 Å². The van der Waals surface area contributed by atoms with Gasteiger partial charge in [0.05, 0.1) is 9.21 Å². The highest BCUT2D eigenvalue weighted by Crippen LogP contribution is 2.23. The summed E-state index contributed by atoms with van der Waals surface area (Å²) in [7, 11) is 1.88. The van der Waals surface area contributed by atoms with Crippen LogP contribution in [0.1, 0.15) is 39.9 Å². The minimum atomic E-state index is -0.366. The lowest BCUT2D eigenvalue weighted by Crippen LogP contribution is -2.31. The Kier molecular flexibility index (Phi) is 5.85. The summed E-state index contributed by atoms with van der Waals surface area (Å²) in [4.78, 5) is 29.5. The predicted molar refractivity (Wildman–Crippen MR) is 103 cm³/mol. The minimum Gasteiger partial charge on any atom is -0.342 e. The first-order valence-electron chi connectivity index (χ1n) is 8.14. The van der Waals surface area contributed by atoms with Gasteiger partial charge in [0.1, 0.15) is 11.9 Å². The molecule has 1 aromatic carbocycles. The zero-order valence-electron chi connectivity index (χ0n) is 14.2. The van der Waals surface area contributed by atoms with Crippen molar-refractivity contribution in [3.05, 3.63) is 75.5 Å². The van der Waals surface area contributed by atoms with Crippen LogP contribution in [0, 0.1) is 0 Å². The topological polar surface area (TPSA) is 64.0 Å². The zero-order valence-corrected chi connectivity index (χ0v) is 15.8. The van der Waals surface area contributed by atoms with Gasteiger partial charge in [-0.2, -0.15) is 0 Å². The Balaban J connectivity index is 1.68. The van der Waals surface area contributed by atoms with Gasteiger partial charge in [-0.25, -0.2) is 4.98 Å². The first-order chi connectivity index (χ1) is 12.5. The van der Waals surface area contributed by atoms with Crippen molar-refractivity contribution in [2.75, 3.05) is 0 Å². The Morgan fingerprint density at radius 2 is 1.96 bits per heavy atom. The number of carbonyl (C=O) groups is 2. The Morgan fingerprint density at radius 1 is 1.19 bits per heavy atom. The second kappa shape index (κ2) is 8.29. The van der Waals surface area contributed by atoms with E-state index in [9.17, 15) is 9.59 Å². The number of thiophene rings is 1. The maximum absolute atomic E-state index is 12.5. The molecule has 134 valence electrons. The van der Waals surface area contributed by atoms with Gasteiger partial charge in [-0.1, -0.05) is 41.9 Å². The number of ketones is 1. The zero-order chi connectivity index (χ0) is 18.5. The summed E-state index contributed by atoms with van der Waals surface area (Å²) in [6.45, 7) is 0. The molecule has 0 aliphatic carbocycles. The van der Waals surface area contributed by atoms with Crippen LogP contribution in [0.3, 0.4) is 0 Å². The van der Waals surface area contributed by atoms with Crippen LogP contribution in [0.15, 0.2) is 54.9 Å². The lowest BCUT2D eigenvalue weighted by molar-refractivity contribution is -0.121. The molecule has 1 amide bonds. The standard InChI is InChI=1S/C19H18ClN3O2S/c1-23-12-11-21-19(23)18(13-5-3-2-4-6-13)22-17(25)10-7-14(24)15-8-9-16(20)26-15/h2-6,8-9,11-12,18H,7,10H2,1H3,(H,22,25)/t18-/m0/s1. The molecule has 0 radical (unpaired) electrons. The summed E-state index contributed by atoms with van der Waals surface area (Å²) in [5.74, 6) is 0.462. The Bertz CT molecular complexity index is 904. The van der Waals surface area contributed by atoms with E-state index in [0.717, 1.165) is 11.4 Å².